The van der Waals surface area contributed by atoms with Gasteiger partial charge in [0.05, 0.1) is 5.69 Å². The number of nitrogens with zero attached hydrogens (tertiary/aromatic N) is 1. The third kappa shape index (κ3) is 8.01. The normalized spacial score (nSPS) is 13.4. The van der Waals surface area contributed by atoms with E-state index in [2.05, 4.69) is 20.9 Å². The van der Waals surface area contributed by atoms with Crippen LogP contribution in [-0.4, -0.2) is 36.9 Å². The number of anilines is 1. The first-order chi connectivity index (χ1) is 14.0. The molecule has 7 nitrogen and oxygen atoms in total. The van der Waals surface area contributed by atoms with E-state index >= 15 is 0 Å². The molecule has 1 saturated heterocycles. The number of nitrogens with one attached hydrogen (secondary N) is 3. The van der Waals surface area contributed by atoms with E-state index in [1.807, 2.05) is 25.1 Å². The minimum absolute atomic E-state index is 0. The van der Waals surface area contributed by atoms with Gasteiger partial charge in [0.1, 0.15) is 11.4 Å². The lowest BCUT2D eigenvalue weighted by atomic mass is 9.93. The molecule has 1 aromatic carbocycles. The van der Waals surface area contributed by atoms with Gasteiger partial charge in [0.15, 0.2) is 5.75 Å². The average Bonchev–Trinajstić information content (AvgIpc) is 2.74. The Morgan fingerprint density at radius 1 is 1.16 bits per heavy atom. The van der Waals surface area contributed by atoms with Crippen LogP contribution in [-0.2, 0) is 4.79 Å². The van der Waals surface area contributed by atoms with E-state index in [4.69, 9.17) is 4.74 Å². The summed E-state index contributed by atoms with van der Waals surface area (Å²) in [5.41, 5.74) is 1.89. The van der Waals surface area contributed by atoms with Gasteiger partial charge in [-0.15, -0.1) is 24.8 Å². The van der Waals surface area contributed by atoms with Gasteiger partial charge in [-0.25, -0.2) is 0 Å². The van der Waals surface area contributed by atoms with Gasteiger partial charge < -0.3 is 20.7 Å². The number of aromatic nitrogens is 1. The second-order valence-electron chi connectivity index (χ2n) is 7.34. The molecular weight excluding hydrogens is 439 g/mol. The maximum absolute atomic E-state index is 12.5. The first kappa shape index (κ1) is 26.7. The molecule has 1 aromatic heterocycles. The molecule has 2 aromatic rings. The summed E-state index contributed by atoms with van der Waals surface area (Å²) in [5, 5.41) is 8.86. The van der Waals surface area contributed by atoms with Crippen molar-refractivity contribution in [3.8, 4) is 11.5 Å². The number of ether oxygens (including phenoxy) is 1. The molecule has 9 heteroatoms. The smallest absolute Gasteiger partial charge is 0.269 e. The molecule has 0 atom stereocenters. The number of aryl methyl sites for hydroxylation is 1. The van der Waals surface area contributed by atoms with Crippen molar-refractivity contribution in [1.29, 1.82) is 0 Å². The Kier molecular flexibility index (Phi) is 11.3. The quantitative estimate of drug-likeness (QED) is 0.568. The molecule has 0 aliphatic carbocycles. The number of hydrogen-bond acceptors (Lipinski definition) is 5. The van der Waals surface area contributed by atoms with Gasteiger partial charge in [-0.05, 0) is 69.0 Å². The molecule has 0 saturated carbocycles. The molecule has 2 heterocycles. The Bertz CT molecular complexity index is 874. The summed E-state index contributed by atoms with van der Waals surface area (Å²) in [6.45, 7) is 4.02. The summed E-state index contributed by atoms with van der Waals surface area (Å²) < 4.78 is 5.98. The van der Waals surface area contributed by atoms with Gasteiger partial charge in [0, 0.05) is 25.7 Å². The van der Waals surface area contributed by atoms with E-state index in [1.165, 1.54) is 6.20 Å². The summed E-state index contributed by atoms with van der Waals surface area (Å²) in [7, 11) is 1.55. The second kappa shape index (κ2) is 13.1. The summed E-state index contributed by atoms with van der Waals surface area (Å²) >= 11 is 0. The van der Waals surface area contributed by atoms with Gasteiger partial charge in [0.25, 0.3) is 5.91 Å². The lowest BCUT2D eigenvalue weighted by Crippen LogP contribution is -2.28. The monoisotopic (exact) mass is 468 g/mol. The van der Waals surface area contributed by atoms with Crippen molar-refractivity contribution < 1.29 is 14.3 Å². The third-order valence-electron chi connectivity index (χ3n) is 5.07. The first-order valence-electron chi connectivity index (χ1n) is 10.0. The molecule has 0 radical (unpaired) electrons. The number of amides is 2. The molecule has 1 fully saturated rings. The number of carbonyl (C=O) groups excluding carboxylic acids is 2. The second-order valence-corrected chi connectivity index (χ2v) is 7.34. The first-order valence-corrected chi connectivity index (χ1v) is 10.0. The highest BCUT2D eigenvalue weighted by Crippen LogP contribution is 2.31. The van der Waals surface area contributed by atoms with Crippen LogP contribution in [0.3, 0.4) is 0 Å². The molecule has 31 heavy (non-hydrogen) atoms. The number of piperidine rings is 1. The van der Waals surface area contributed by atoms with Crippen molar-refractivity contribution in [2.45, 2.75) is 32.6 Å². The number of hydrogen-bond donors (Lipinski definition) is 3. The Morgan fingerprint density at radius 2 is 1.90 bits per heavy atom. The fourth-order valence-corrected chi connectivity index (χ4v) is 3.39. The zero-order chi connectivity index (χ0) is 20.6. The fraction of sp³-hybridized carbons (Fsp3) is 0.409. The van der Waals surface area contributed by atoms with Crippen molar-refractivity contribution in [2.24, 2.45) is 5.92 Å². The summed E-state index contributed by atoms with van der Waals surface area (Å²) in [6.07, 6.45) is 5.17. The Balaban J connectivity index is 0.00000240. The van der Waals surface area contributed by atoms with Crippen LogP contribution in [0.25, 0.3) is 0 Å². The third-order valence-corrected chi connectivity index (χ3v) is 5.07. The van der Waals surface area contributed by atoms with Crippen molar-refractivity contribution in [3.05, 3.63) is 47.8 Å². The van der Waals surface area contributed by atoms with E-state index in [0.717, 1.165) is 37.9 Å². The molecule has 0 unspecified atom stereocenters. The molecule has 0 bridgehead atoms. The standard InChI is InChI=1S/C22H28N4O3.2ClH/c1-15-3-5-18(26-21(27)6-4-16-7-10-24-11-8-16)20(13-15)29-17-9-12-25-19(14-17)22(28)23-2;;/h3,5,9,12-14,16,24H,4,6-8,10-11H2,1-2H3,(H,23,28)(H,26,27);2*1H. The molecule has 2 amide bonds. The minimum atomic E-state index is -0.286. The zero-order valence-electron chi connectivity index (χ0n) is 17.8. The topological polar surface area (TPSA) is 92.4 Å². The number of rotatable bonds is 7. The Hall–Kier alpha value is -2.35. The highest BCUT2D eigenvalue weighted by Gasteiger charge is 2.16. The Labute approximate surface area is 195 Å². The summed E-state index contributed by atoms with van der Waals surface area (Å²) in [6, 6.07) is 8.88. The summed E-state index contributed by atoms with van der Waals surface area (Å²) in [5.74, 6) is 1.32. The highest BCUT2D eigenvalue weighted by molar-refractivity contribution is 5.93. The largest absolute Gasteiger partial charge is 0.455 e. The van der Waals surface area contributed by atoms with E-state index < -0.39 is 0 Å². The van der Waals surface area contributed by atoms with Crippen molar-refractivity contribution >= 4 is 42.3 Å². The zero-order valence-corrected chi connectivity index (χ0v) is 19.4. The van der Waals surface area contributed by atoms with Gasteiger partial charge >= 0.3 is 0 Å². The van der Waals surface area contributed by atoms with Crippen LogP contribution in [0.1, 0.15) is 41.7 Å². The van der Waals surface area contributed by atoms with Crippen LogP contribution in [0.15, 0.2) is 36.5 Å². The predicted octanol–water partition coefficient (Wildman–Crippen LogP) is 4.10. The SMILES string of the molecule is CNC(=O)c1cc(Oc2cc(C)ccc2NC(=O)CCC2CCNCC2)ccn1.Cl.Cl. The fourth-order valence-electron chi connectivity index (χ4n) is 3.39. The number of carbonyl (C=O) groups is 2. The van der Waals surface area contributed by atoms with E-state index in [1.54, 1.807) is 19.2 Å². The van der Waals surface area contributed by atoms with Crippen LogP contribution >= 0.6 is 24.8 Å². The van der Waals surface area contributed by atoms with E-state index in [0.29, 0.717) is 29.5 Å². The molecule has 1 aliphatic heterocycles. The lowest BCUT2D eigenvalue weighted by molar-refractivity contribution is -0.116. The maximum Gasteiger partial charge on any atom is 0.269 e. The van der Waals surface area contributed by atoms with Gasteiger partial charge in [-0.3, -0.25) is 14.6 Å². The van der Waals surface area contributed by atoms with Gasteiger partial charge in [0.2, 0.25) is 5.91 Å². The van der Waals surface area contributed by atoms with Crippen LogP contribution in [0.5, 0.6) is 11.5 Å². The number of halogens is 2. The molecule has 170 valence electrons. The van der Waals surface area contributed by atoms with Crippen molar-refractivity contribution in [1.82, 2.24) is 15.6 Å². The van der Waals surface area contributed by atoms with Crippen LogP contribution in [0.4, 0.5) is 5.69 Å². The number of pyridine rings is 1. The molecule has 3 rings (SSSR count). The molecule has 1 aliphatic rings. The van der Waals surface area contributed by atoms with Crippen LogP contribution in [0.2, 0.25) is 0 Å². The maximum atomic E-state index is 12.5. The van der Waals surface area contributed by atoms with Crippen LogP contribution in [0, 0.1) is 12.8 Å². The highest BCUT2D eigenvalue weighted by atomic mass is 35.5. The summed E-state index contributed by atoms with van der Waals surface area (Å²) in [4.78, 5) is 28.3. The molecule has 0 spiro atoms. The van der Waals surface area contributed by atoms with E-state index in [9.17, 15) is 9.59 Å². The molecular formula is C22H30Cl2N4O3. The van der Waals surface area contributed by atoms with E-state index in [-0.39, 0.29) is 42.3 Å². The van der Waals surface area contributed by atoms with Crippen molar-refractivity contribution in [2.75, 3.05) is 25.5 Å². The Morgan fingerprint density at radius 3 is 2.61 bits per heavy atom. The lowest BCUT2D eigenvalue weighted by Gasteiger charge is -2.22. The van der Waals surface area contributed by atoms with Gasteiger partial charge in [-0.1, -0.05) is 6.07 Å². The van der Waals surface area contributed by atoms with Crippen LogP contribution < -0.4 is 20.7 Å². The van der Waals surface area contributed by atoms with Gasteiger partial charge in [-0.2, -0.15) is 0 Å². The number of benzene rings is 1. The molecule has 3 N–H and O–H groups in total. The minimum Gasteiger partial charge on any atom is -0.455 e. The average molecular weight is 469 g/mol. The van der Waals surface area contributed by atoms with Crippen molar-refractivity contribution in [3.63, 3.8) is 0 Å². The predicted molar refractivity (Wildman–Crippen MR) is 127 cm³/mol.